The Balaban J connectivity index is 2.92. The molecule has 0 aliphatic heterocycles. The minimum absolute atomic E-state index is 0.829. The molecule has 1 nitrogen and oxygen atoms in total. The van der Waals surface area contributed by atoms with Crippen LogP contribution in [-0.2, 0) is 0 Å². The van der Waals surface area contributed by atoms with Gasteiger partial charge in [0.25, 0.3) is 0 Å². The smallest absolute Gasteiger partial charge is 0.00582 e. The van der Waals surface area contributed by atoms with Crippen LogP contribution < -0.4 is 5.32 Å². The fourth-order valence-electron chi connectivity index (χ4n) is 0.979. The second kappa shape index (κ2) is 8.89. The van der Waals surface area contributed by atoms with Crippen molar-refractivity contribution < 1.29 is 0 Å². The van der Waals surface area contributed by atoms with E-state index in [0.717, 1.165) is 11.8 Å². The summed E-state index contributed by atoms with van der Waals surface area (Å²) in [5, 5.41) is 3.47. The van der Waals surface area contributed by atoms with E-state index in [2.05, 4.69) is 44.8 Å². The van der Waals surface area contributed by atoms with E-state index in [-0.39, 0.29) is 0 Å². The third-order valence-electron chi connectivity index (χ3n) is 1.77. The minimum atomic E-state index is 0.829. The molecule has 0 aromatic carbocycles. The summed E-state index contributed by atoms with van der Waals surface area (Å²) >= 11 is 2.06. The average molecular weight is 203 g/mol. The third kappa shape index (κ3) is 12.3. The third-order valence-corrected chi connectivity index (χ3v) is 3.17. The first-order valence-corrected chi connectivity index (χ1v) is 6.57. The molecule has 1 N–H and O–H groups in total. The van der Waals surface area contributed by atoms with E-state index in [0.29, 0.717) is 0 Å². The molecule has 0 heterocycles. The minimum Gasteiger partial charge on any atom is -0.316 e. The maximum atomic E-state index is 3.47. The topological polar surface area (TPSA) is 12.0 Å². The first-order chi connectivity index (χ1) is 6.13. The predicted octanol–water partition coefficient (Wildman–Crippen LogP) is 3.01. The summed E-state index contributed by atoms with van der Waals surface area (Å²) in [5.41, 5.74) is 0. The molecule has 13 heavy (non-hydrogen) atoms. The first-order valence-electron chi connectivity index (χ1n) is 5.41. The van der Waals surface area contributed by atoms with Crippen molar-refractivity contribution in [1.82, 2.24) is 5.32 Å². The summed E-state index contributed by atoms with van der Waals surface area (Å²) in [4.78, 5) is 0. The zero-order valence-corrected chi connectivity index (χ0v) is 10.4. The molecule has 0 aromatic rings. The monoisotopic (exact) mass is 203 g/mol. The van der Waals surface area contributed by atoms with Gasteiger partial charge in [-0.2, -0.15) is 11.8 Å². The zero-order chi connectivity index (χ0) is 10.1. The van der Waals surface area contributed by atoms with E-state index in [4.69, 9.17) is 0 Å². The van der Waals surface area contributed by atoms with Crippen LogP contribution in [0.25, 0.3) is 0 Å². The molecule has 0 atom stereocenters. The molecular formula is C11H25NS. The van der Waals surface area contributed by atoms with Crippen LogP contribution in [0.3, 0.4) is 0 Å². The summed E-state index contributed by atoms with van der Waals surface area (Å²) in [6.07, 6.45) is 1.30. The molecule has 0 rings (SSSR count). The number of nitrogens with one attached hydrogen (secondary N) is 1. The van der Waals surface area contributed by atoms with E-state index in [1.54, 1.807) is 0 Å². The van der Waals surface area contributed by atoms with Crippen LogP contribution in [0.1, 0.15) is 34.1 Å². The highest BCUT2D eigenvalue weighted by Crippen LogP contribution is 2.05. The lowest BCUT2D eigenvalue weighted by Crippen LogP contribution is -2.19. The van der Waals surface area contributed by atoms with Crippen molar-refractivity contribution in [1.29, 1.82) is 0 Å². The highest BCUT2D eigenvalue weighted by molar-refractivity contribution is 7.99. The van der Waals surface area contributed by atoms with Crippen LogP contribution in [0.2, 0.25) is 0 Å². The molecule has 0 saturated carbocycles. The van der Waals surface area contributed by atoms with Crippen LogP contribution in [0.15, 0.2) is 0 Å². The molecule has 80 valence electrons. The van der Waals surface area contributed by atoms with Crippen LogP contribution >= 0.6 is 11.8 Å². The largest absolute Gasteiger partial charge is 0.316 e. The van der Waals surface area contributed by atoms with Crippen molar-refractivity contribution in [2.45, 2.75) is 34.1 Å². The van der Waals surface area contributed by atoms with Gasteiger partial charge in [0.2, 0.25) is 0 Å². The first kappa shape index (κ1) is 13.3. The Labute approximate surface area is 88.1 Å². The van der Waals surface area contributed by atoms with Crippen molar-refractivity contribution in [2.75, 3.05) is 24.6 Å². The normalized spacial score (nSPS) is 11.5. The lowest BCUT2D eigenvalue weighted by atomic mass is 10.1. The quantitative estimate of drug-likeness (QED) is 0.609. The van der Waals surface area contributed by atoms with Gasteiger partial charge in [0.15, 0.2) is 0 Å². The Bertz CT molecular complexity index is 90.3. The van der Waals surface area contributed by atoms with E-state index in [9.17, 15) is 0 Å². The van der Waals surface area contributed by atoms with Crippen molar-refractivity contribution in [3.8, 4) is 0 Å². The Hall–Kier alpha value is 0.310. The van der Waals surface area contributed by atoms with Gasteiger partial charge < -0.3 is 5.32 Å². The standard InChI is InChI=1S/C11H25NS/c1-10(2)5-6-12-7-8-13-9-11(3)4/h10-12H,5-9H2,1-4H3. The number of hydrogen-bond donors (Lipinski definition) is 1. The average Bonchev–Trinajstić information content (AvgIpc) is 2.01. The second-order valence-corrected chi connectivity index (χ2v) is 5.55. The van der Waals surface area contributed by atoms with Gasteiger partial charge in [-0.1, -0.05) is 27.7 Å². The molecule has 0 aliphatic rings. The lowest BCUT2D eigenvalue weighted by molar-refractivity contribution is 0.547. The Kier molecular flexibility index (Phi) is 9.10. The molecule has 0 aromatic heterocycles. The SMILES string of the molecule is CC(C)CCNCCSCC(C)C. The maximum Gasteiger partial charge on any atom is 0.00582 e. The summed E-state index contributed by atoms with van der Waals surface area (Å²) in [6, 6.07) is 0. The highest BCUT2D eigenvalue weighted by atomic mass is 32.2. The van der Waals surface area contributed by atoms with Crippen molar-refractivity contribution in [3.63, 3.8) is 0 Å². The van der Waals surface area contributed by atoms with Gasteiger partial charge in [-0.05, 0) is 30.6 Å². The van der Waals surface area contributed by atoms with Crippen molar-refractivity contribution in [3.05, 3.63) is 0 Å². The molecule has 0 amide bonds. The van der Waals surface area contributed by atoms with Crippen molar-refractivity contribution >= 4 is 11.8 Å². The molecule has 0 unspecified atom stereocenters. The van der Waals surface area contributed by atoms with E-state index in [1.165, 1.54) is 31.0 Å². The molecule has 0 spiro atoms. The molecule has 0 radical (unpaired) electrons. The van der Waals surface area contributed by atoms with Gasteiger partial charge >= 0.3 is 0 Å². The van der Waals surface area contributed by atoms with Crippen LogP contribution in [0.4, 0.5) is 0 Å². The molecular weight excluding hydrogens is 178 g/mol. The van der Waals surface area contributed by atoms with E-state index < -0.39 is 0 Å². The van der Waals surface area contributed by atoms with Crippen LogP contribution in [0, 0.1) is 11.8 Å². The van der Waals surface area contributed by atoms with Gasteiger partial charge in [-0.25, -0.2) is 0 Å². The van der Waals surface area contributed by atoms with E-state index >= 15 is 0 Å². The van der Waals surface area contributed by atoms with E-state index in [1.807, 2.05) is 0 Å². The lowest BCUT2D eigenvalue weighted by Gasteiger charge is -2.07. The highest BCUT2D eigenvalue weighted by Gasteiger charge is 1.95. The number of hydrogen-bond acceptors (Lipinski definition) is 2. The fourth-order valence-corrected chi connectivity index (χ4v) is 1.91. The van der Waals surface area contributed by atoms with Crippen molar-refractivity contribution in [2.24, 2.45) is 11.8 Å². The Morgan fingerprint density at radius 2 is 1.69 bits per heavy atom. The van der Waals surface area contributed by atoms with Gasteiger partial charge in [-0.3, -0.25) is 0 Å². The van der Waals surface area contributed by atoms with Gasteiger partial charge in [0.05, 0.1) is 0 Å². The predicted molar refractivity (Wildman–Crippen MR) is 64.5 cm³/mol. The van der Waals surface area contributed by atoms with Gasteiger partial charge in [-0.15, -0.1) is 0 Å². The Morgan fingerprint density at radius 3 is 2.23 bits per heavy atom. The van der Waals surface area contributed by atoms with Gasteiger partial charge in [0.1, 0.15) is 0 Å². The summed E-state index contributed by atoms with van der Waals surface area (Å²) in [6.45, 7) is 11.5. The number of thioether (sulfide) groups is 1. The summed E-state index contributed by atoms with van der Waals surface area (Å²) < 4.78 is 0. The van der Waals surface area contributed by atoms with Crippen LogP contribution in [-0.4, -0.2) is 24.6 Å². The van der Waals surface area contributed by atoms with Crippen LogP contribution in [0.5, 0.6) is 0 Å². The Morgan fingerprint density at radius 1 is 1.00 bits per heavy atom. The number of rotatable bonds is 8. The zero-order valence-electron chi connectivity index (χ0n) is 9.60. The maximum absolute atomic E-state index is 3.47. The molecule has 0 aliphatic carbocycles. The molecule has 0 saturated heterocycles. The molecule has 0 bridgehead atoms. The molecule has 2 heteroatoms. The second-order valence-electron chi connectivity index (χ2n) is 4.40. The van der Waals surface area contributed by atoms with Gasteiger partial charge in [0, 0.05) is 12.3 Å². The summed E-state index contributed by atoms with van der Waals surface area (Å²) in [5.74, 6) is 4.22. The summed E-state index contributed by atoms with van der Waals surface area (Å²) in [7, 11) is 0. The molecule has 0 fully saturated rings. The fraction of sp³-hybridized carbons (Fsp3) is 1.00.